The van der Waals surface area contributed by atoms with Crippen molar-refractivity contribution in [1.82, 2.24) is 9.88 Å². The SMILES string of the molecule is CCO[C@@H]1C[C@@H](N(C)C(=O)Cc2c[nH]c3cc(F)ccc23)C1(C)C. The van der Waals surface area contributed by atoms with Crippen molar-refractivity contribution in [3.8, 4) is 0 Å². The highest BCUT2D eigenvalue weighted by molar-refractivity contribution is 5.89. The number of benzene rings is 1. The smallest absolute Gasteiger partial charge is 0.227 e. The van der Waals surface area contributed by atoms with E-state index >= 15 is 0 Å². The van der Waals surface area contributed by atoms with Crippen LogP contribution >= 0.6 is 0 Å². The van der Waals surface area contributed by atoms with Crippen LogP contribution < -0.4 is 0 Å². The van der Waals surface area contributed by atoms with E-state index in [0.717, 1.165) is 22.9 Å². The number of carbonyl (C=O) groups is 1. The fraction of sp³-hybridized carbons (Fsp3) is 0.526. The molecular formula is C19H25FN2O2. The van der Waals surface area contributed by atoms with Crippen molar-refractivity contribution < 1.29 is 13.9 Å². The highest BCUT2D eigenvalue weighted by Crippen LogP contribution is 2.45. The topological polar surface area (TPSA) is 45.3 Å². The lowest BCUT2D eigenvalue weighted by Gasteiger charge is -2.54. The first-order valence-electron chi connectivity index (χ1n) is 8.47. The average Bonchev–Trinajstić information content (AvgIpc) is 2.92. The Bertz CT molecular complexity index is 753. The Morgan fingerprint density at radius 2 is 2.21 bits per heavy atom. The Morgan fingerprint density at radius 3 is 2.88 bits per heavy atom. The molecule has 1 fully saturated rings. The molecule has 0 bridgehead atoms. The number of aromatic amines is 1. The van der Waals surface area contributed by atoms with Gasteiger partial charge in [0.15, 0.2) is 0 Å². The highest BCUT2D eigenvalue weighted by Gasteiger charge is 2.51. The molecule has 1 aliphatic carbocycles. The molecule has 0 radical (unpaired) electrons. The van der Waals surface area contributed by atoms with E-state index in [1.807, 2.05) is 18.9 Å². The second kappa shape index (κ2) is 6.20. The van der Waals surface area contributed by atoms with E-state index < -0.39 is 0 Å². The van der Waals surface area contributed by atoms with E-state index in [-0.39, 0.29) is 29.3 Å². The maximum absolute atomic E-state index is 13.3. The predicted octanol–water partition coefficient (Wildman–Crippen LogP) is 3.51. The van der Waals surface area contributed by atoms with Crippen molar-refractivity contribution in [1.29, 1.82) is 0 Å². The largest absolute Gasteiger partial charge is 0.378 e. The Kier molecular flexibility index (Phi) is 4.38. The Labute approximate surface area is 142 Å². The second-order valence-electron chi connectivity index (χ2n) is 7.20. The molecule has 24 heavy (non-hydrogen) atoms. The number of halogens is 1. The number of H-pyrrole nitrogens is 1. The van der Waals surface area contributed by atoms with Gasteiger partial charge < -0.3 is 14.6 Å². The zero-order valence-corrected chi connectivity index (χ0v) is 14.7. The molecular weight excluding hydrogens is 307 g/mol. The first kappa shape index (κ1) is 17.0. The summed E-state index contributed by atoms with van der Waals surface area (Å²) in [6.07, 6.45) is 3.19. The first-order chi connectivity index (χ1) is 11.3. The van der Waals surface area contributed by atoms with E-state index in [0.29, 0.717) is 13.0 Å². The molecule has 1 aromatic carbocycles. The van der Waals surface area contributed by atoms with Crippen molar-refractivity contribution in [3.05, 3.63) is 35.8 Å². The van der Waals surface area contributed by atoms with Gasteiger partial charge in [0.05, 0.1) is 12.5 Å². The molecule has 0 saturated heterocycles. The summed E-state index contributed by atoms with van der Waals surface area (Å²) in [5, 5.41) is 0.901. The number of nitrogens with zero attached hydrogens (tertiary/aromatic N) is 1. The lowest BCUT2D eigenvalue weighted by molar-refractivity contribution is -0.162. The van der Waals surface area contributed by atoms with Gasteiger partial charge in [-0.1, -0.05) is 13.8 Å². The zero-order valence-electron chi connectivity index (χ0n) is 14.7. The van der Waals surface area contributed by atoms with Gasteiger partial charge in [0.2, 0.25) is 5.91 Å². The second-order valence-corrected chi connectivity index (χ2v) is 7.20. The lowest BCUT2D eigenvalue weighted by Crippen LogP contribution is -2.62. The summed E-state index contributed by atoms with van der Waals surface area (Å²) in [5.41, 5.74) is 1.59. The van der Waals surface area contributed by atoms with Crippen molar-refractivity contribution in [3.63, 3.8) is 0 Å². The number of amides is 1. The monoisotopic (exact) mass is 332 g/mol. The molecule has 1 heterocycles. The van der Waals surface area contributed by atoms with Crippen molar-refractivity contribution in [2.75, 3.05) is 13.7 Å². The molecule has 1 N–H and O–H groups in total. The van der Waals surface area contributed by atoms with Gasteiger partial charge in [-0.05, 0) is 37.1 Å². The van der Waals surface area contributed by atoms with Crippen LogP contribution in [0, 0.1) is 11.2 Å². The zero-order chi connectivity index (χ0) is 17.5. The third-order valence-electron chi connectivity index (χ3n) is 5.43. The molecule has 130 valence electrons. The number of hydrogen-bond acceptors (Lipinski definition) is 2. The fourth-order valence-corrected chi connectivity index (χ4v) is 3.77. The molecule has 2 atom stereocenters. The first-order valence-corrected chi connectivity index (χ1v) is 8.47. The Morgan fingerprint density at radius 1 is 1.46 bits per heavy atom. The van der Waals surface area contributed by atoms with Crippen LogP contribution in [0.2, 0.25) is 0 Å². The minimum Gasteiger partial charge on any atom is -0.378 e. The van der Waals surface area contributed by atoms with Crippen LogP contribution in [0.1, 0.15) is 32.8 Å². The summed E-state index contributed by atoms with van der Waals surface area (Å²) in [5.74, 6) is -0.203. The van der Waals surface area contributed by atoms with Gasteiger partial charge in [-0.3, -0.25) is 4.79 Å². The van der Waals surface area contributed by atoms with E-state index in [2.05, 4.69) is 18.8 Å². The minimum atomic E-state index is -0.280. The van der Waals surface area contributed by atoms with Crippen LogP contribution in [0.25, 0.3) is 10.9 Å². The van der Waals surface area contributed by atoms with Crippen molar-refractivity contribution in [2.24, 2.45) is 5.41 Å². The molecule has 2 aromatic rings. The predicted molar refractivity (Wildman–Crippen MR) is 92.3 cm³/mol. The standard InChI is InChI=1S/C19H25FN2O2/c1-5-24-17-10-16(19(17,2)3)22(4)18(23)8-12-11-21-15-9-13(20)6-7-14(12)15/h6-7,9,11,16-17,21H,5,8,10H2,1-4H3/t16-,17-/m1/s1. The fourth-order valence-electron chi connectivity index (χ4n) is 3.77. The van der Waals surface area contributed by atoms with Crippen LogP contribution in [-0.4, -0.2) is 41.6 Å². The molecule has 5 heteroatoms. The van der Waals surface area contributed by atoms with Gasteiger partial charge in [-0.15, -0.1) is 0 Å². The number of hydrogen-bond donors (Lipinski definition) is 1. The Hall–Kier alpha value is -1.88. The van der Waals surface area contributed by atoms with Gasteiger partial charge in [0.25, 0.3) is 0 Å². The van der Waals surface area contributed by atoms with Crippen LogP contribution in [-0.2, 0) is 16.0 Å². The number of fused-ring (bicyclic) bond motifs is 1. The molecule has 0 unspecified atom stereocenters. The third kappa shape index (κ3) is 2.81. The summed E-state index contributed by atoms with van der Waals surface area (Å²) >= 11 is 0. The average molecular weight is 332 g/mol. The molecule has 1 saturated carbocycles. The number of carbonyl (C=O) groups excluding carboxylic acids is 1. The summed E-state index contributed by atoms with van der Waals surface area (Å²) in [6, 6.07) is 4.79. The van der Waals surface area contributed by atoms with Crippen molar-refractivity contribution >= 4 is 16.8 Å². The van der Waals surface area contributed by atoms with Gasteiger partial charge in [-0.2, -0.15) is 0 Å². The minimum absolute atomic E-state index is 0.0379. The third-order valence-corrected chi connectivity index (χ3v) is 5.43. The molecule has 0 spiro atoms. The molecule has 4 nitrogen and oxygen atoms in total. The number of aromatic nitrogens is 1. The lowest BCUT2D eigenvalue weighted by atomic mass is 9.63. The summed E-state index contributed by atoms with van der Waals surface area (Å²) in [6.45, 7) is 7.00. The number of likely N-dealkylation sites (N-methyl/N-ethyl adjacent to an activating group) is 1. The maximum Gasteiger partial charge on any atom is 0.227 e. The van der Waals surface area contributed by atoms with Gasteiger partial charge in [0.1, 0.15) is 5.82 Å². The quantitative estimate of drug-likeness (QED) is 0.911. The highest BCUT2D eigenvalue weighted by atomic mass is 19.1. The Balaban J connectivity index is 1.70. The molecule has 1 amide bonds. The van der Waals surface area contributed by atoms with E-state index in [1.165, 1.54) is 12.1 Å². The maximum atomic E-state index is 13.3. The van der Waals surface area contributed by atoms with Crippen LogP contribution in [0.4, 0.5) is 4.39 Å². The normalized spacial score (nSPS) is 22.4. The summed E-state index contributed by atoms with van der Waals surface area (Å²) in [7, 11) is 1.87. The van der Waals surface area contributed by atoms with Gasteiger partial charge >= 0.3 is 0 Å². The molecule has 1 aliphatic rings. The van der Waals surface area contributed by atoms with Gasteiger partial charge in [-0.25, -0.2) is 4.39 Å². The van der Waals surface area contributed by atoms with E-state index in [1.54, 1.807) is 12.3 Å². The van der Waals surface area contributed by atoms with Crippen LogP contribution in [0.15, 0.2) is 24.4 Å². The molecule has 1 aromatic heterocycles. The summed E-state index contributed by atoms with van der Waals surface area (Å²) < 4.78 is 19.0. The molecule has 0 aliphatic heterocycles. The number of ether oxygens (including phenoxy) is 1. The van der Waals surface area contributed by atoms with Crippen LogP contribution in [0.5, 0.6) is 0 Å². The number of rotatable bonds is 5. The van der Waals surface area contributed by atoms with Gasteiger partial charge in [0, 0.05) is 42.2 Å². The van der Waals surface area contributed by atoms with Crippen LogP contribution in [0.3, 0.4) is 0 Å². The molecule has 3 rings (SSSR count). The number of nitrogens with one attached hydrogen (secondary N) is 1. The summed E-state index contributed by atoms with van der Waals surface area (Å²) in [4.78, 5) is 17.6. The van der Waals surface area contributed by atoms with Crippen molar-refractivity contribution in [2.45, 2.75) is 45.8 Å². The van der Waals surface area contributed by atoms with E-state index in [4.69, 9.17) is 4.74 Å². The van der Waals surface area contributed by atoms with E-state index in [9.17, 15) is 9.18 Å².